The molecule has 5 heteroatoms. The minimum absolute atomic E-state index is 0.223. The topological polar surface area (TPSA) is 68.5 Å². The van der Waals surface area contributed by atoms with Crippen LogP contribution in [0, 0.1) is 6.92 Å². The number of hydrogen-bond donors (Lipinski definition) is 1. The number of aryl methyl sites for hydroxylation is 3. The monoisotopic (exact) mass is 363 g/mol. The number of ether oxygens (including phenoxy) is 1. The van der Waals surface area contributed by atoms with Gasteiger partial charge < -0.3 is 14.5 Å². The molecule has 0 bridgehead atoms. The van der Waals surface area contributed by atoms with Crippen LogP contribution in [0.1, 0.15) is 30.0 Å². The van der Waals surface area contributed by atoms with E-state index in [9.17, 15) is 9.59 Å². The van der Waals surface area contributed by atoms with E-state index in [1.54, 1.807) is 19.1 Å². The van der Waals surface area contributed by atoms with Gasteiger partial charge in [0.05, 0.1) is 0 Å². The standard InChI is InChI=1S/C22H21NO4/c1-13-10-21(24)27-20-12-18(8-9-19(13)20)26-14(2)22(25)23-17-7-6-15-4-3-5-16(15)11-17/h6-12,14H,3-5H2,1-2H3,(H,23,25)/t14-/m1/s1. The summed E-state index contributed by atoms with van der Waals surface area (Å²) in [5.74, 6) is 0.256. The zero-order chi connectivity index (χ0) is 19.0. The van der Waals surface area contributed by atoms with Crippen LogP contribution in [0.5, 0.6) is 5.75 Å². The molecule has 1 aliphatic rings. The van der Waals surface area contributed by atoms with Gasteiger partial charge in [0.25, 0.3) is 5.91 Å². The van der Waals surface area contributed by atoms with Gasteiger partial charge >= 0.3 is 5.63 Å². The lowest BCUT2D eigenvalue weighted by Crippen LogP contribution is -2.30. The van der Waals surface area contributed by atoms with Crippen molar-refractivity contribution in [2.24, 2.45) is 0 Å². The van der Waals surface area contributed by atoms with Gasteiger partial charge in [-0.2, -0.15) is 0 Å². The van der Waals surface area contributed by atoms with Crippen molar-refractivity contribution in [2.45, 2.75) is 39.2 Å². The second-order valence-electron chi connectivity index (χ2n) is 6.99. The smallest absolute Gasteiger partial charge is 0.336 e. The summed E-state index contributed by atoms with van der Waals surface area (Å²) < 4.78 is 11.0. The first-order chi connectivity index (χ1) is 13.0. The summed E-state index contributed by atoms with van der Waals surface area (Å²) in [6.07, 6.45) is 2.66. The number of hydrogen-bond acceptors (Lipinski definition) is 4. The summed E-state index contributed by atoms with van der Waals surface area (Å²) >= 11 is 0. The van der Waals surface area contributed by atoms with Crippen LogP contribution in [0.15, 0.2) is 51.7 Å². The van der Waals surface area contributed by atoms with Crippen molar-refractivity contribution < 1.29 is 13.9 Å². The van der Waals surface area contributed by atoms with E-state index in [1.807, 2.05) is 25.1 Å². The molecule has 0 radical (unpaired) electrons. The van der Waals surface area contributed by atoms with Crippen LogP contribution < -0.4 is 15.7 Å². The van der Waals surface area contributed by atoms with Crippen molar-refractivity contribution >= 4 is 22.6 Å². The molecule has 1 amide bonds. The van der Waals surface area contributed by atoms with Crippen molar-refractivity contribution in [3.05, 3.63) is 69.6 Å². The molecular weight excluding hydrogens is 342 g/mol. The van der Waals surface area contributed by atoms with E-state index in [2.05, 4.69) is 11.4 Å². The van der Waals surface area contributed by atoms with Crippen molar-refractivity contribution in [2.75, 3.05) is 5.32 Å². The minimum atomic E-state index is -0.688. The SMILES string of the molecule is Cc1cc(=O)oc2cc(O[C@H](C)C(=O)Nc3ccc4c(c3)CCC4)ccc12. The normalized spacial score (nSPS) is 14.0. The first-order valence-corrected chi connectivity index (χ1v) is 9.13. The van der Waals surface area contributed by atoms with Crippen LogP contribution >= 0.6 is 0 Å². The zero-order valence-electron chi connectivity index (χ0n) is 15.4. The summed E-state index contributed by atoms with van der Waals surface area (Å²) in [6, 6.07) is 12.8. The van der Waals surface area contributed by atoms with Crippen LogP contribution in [0.2, 0.25) is 0 Å². The molecule has 1 aromatic heterocycles. The fourth-order valence-corrected chi connectivity index (χ4v) is 3.53. The third kappa shape index (κ3) is 3.58. The first-order valence-electron chi connectivity index (χ1n) is 9.13. The number of amides is 1. The van der Waals surface area contributed by atoms with Crippen molar-refractivity contribution in [3.8, 4) is 5.75 Å². The Kier molecular flexibility index (Phi) is 4.44. The Balaban J connectivity index is 1.48. The van der Waals surface area contributed by atoms with Crippen LogP contribution in [-0.2, 0) is 17.6 Å². The van der Waals surface area contributed by atoms with Crippen LogP contribution in [-0.4, -0.2) is 12.0 Å². The largest absolute Gasteiger partial charge is 0.481 e. The highest BCUT2D eigenvalue weighted by Gasteiger charge is 2.17. The summed E-state index contributed by atoms with van der Waals surface area (Å²) in [7, 11) is 0. The lowest BCUT2D eigenvalue weighted by molar-refractivity contribution is -0.122. The number of anilines is 1. The molecule has 0 spiro atoms. The van der Waals surface area contributed by atoms with E-state index >= 15 is 0 Å². The molecule has 0 saturated heterocycles. The maximum atomic E-state index is 12.5. The van der Waals surface area contributed by atoms with E-state index in [0.717, 1.165) is 29.5 Å². The second-order valence-corrected chi connectivity index (χ2v) is 6.99. The maximum Gasteiger partial charge on any atom is 0.336 e. The quantitative estimate of drug-likeness (QED) is 0.712. The average molecular weight is 363 g/mol. The maximum absolute atomic E-state index is 12.5. The van der Waals surface area contributed by atoms with Crippen molar-refractivity contribution in [1.29, 1.82) is 0 Å². The van der Waals surface area contributed by atoms with E-state index < -0.39 is 11.7 Å². The number of nitrogens with one attached hydrogen (secondary N) is 1. The van der Waals surface area contributed by atoms with Gasteiger partial charge in [0.1, 0.15) is 11.3 Å². The number of benzene rings is 2. The Labute approximate surface area is 157 Å². The average Bonchev–Trinajstić information content (AvgIpc) is 3.09. The predicted octanol–water partition coefficient (Wildman–Crippen LogP) is 4.00. The van der Waals surface area contributed by atoms with Crippen molar-refractivity contribution in [3.63, 3.8) is 0 Å². The highest BCUT2D eigenvalue weighted by Crippen LogP contribution is 2.26. The molecule has 1 N–H and O–H groups in total. The molecule has 1 atom stereocenters. The molecule has 1 heterocycles. The van der Waals surface area contributed by atoms with E-state index in [4.69, 9.17) is 9.15 Å². The Bertz CT molecular complexity index is 1080. The van der Waals surface area contributed by atoms with Gasteiger partial charge in [-0.25, -0.2) is 4.79 Å². The second kappa shape index (κ2) is 6.91. The molecule has 0 aliphatic heterocycles. The summed E-state index contributed by atoms with van der Waals surface area (Å²) in [4.78, 5) is 24.0. The first kappa shape index (κ1) is 17.3. The molecular formula is C22H21NO4. The fourth-order valence-electron chi connectivity index (χ4n) is 3.53. The van der Waals surface area contributed by atoms with Crippen LogP contribution in [0.25, 0.3) is 11.0 Å². The van der Waals surface area contributed by atoms with Gasteiger partial charge in [-0.05, 0) is 74.1 Å². The number of carbonyl (C=O) groups excluding carboxylic acids is 1. The lowest BCUT2D eigenvalue weighted by atomic mass is 10.1. The van der Waals surface area contributed by atoms with E-state index in [1.165, 1.54) is 23.6 Å². The zero-order valence-corrected chi connectivity index (χ0v) is 15.4. The third-order valence-electron chi connectivity index (χ3n) is 4.97. The van der Waals surface area contributed by atoms with Gasteiger partial charge in [-0.3, -0.25) is 4.79 Å². The summed E-state index contributed by atoms with van der Waals surface area (Å²) in [5, 5.41) is 3.75. The Morgan fingerprint density at radius 1 is 1.11 bits per heavy atom. The molecule has 2 aromatic carbocycles. The predicted molar refractivity (Wildman–Crippen MR) is 104 cm³/mol. The highest BCUT2D eigenvalue weighted by molar-refractivity contribution is 5.94. The van der Waals surface area contributed by atoms with Crippen LogP contribution in [0.3, 0.4) is 0 Å². The Hall–Kier alpha value is -3.08. The van der Waals surface area contributed by atoms with Crippen molar-refractivity contribution in [1.82, 2.24) is 0 Å². The van der Waals surface area contributed by atoms with E-state index in [0.29, 0.717) is 11.3 Å². The Morgan fingerprint density at radius 2 is 1.93 bits per heavy atom. The number of fused-ring (bicyclic) bond motifs is 2. The lowest BCUT2D eigenvalue weighted by Gasteiger charge is -2.15. The fraction of sp³-hybridized carbons (Fsp3) is 0.273. The van der Waals surface area contributed by atoms with Crippen LogP contribution in [0.4, 0.5) is 5.69 Å². The molecule has 3 aromatic rings. The molecule has 5 nitrogen and oxygen atoms in total. The summed E-state index contributed by atoms with van der Waals surface area (Å²) in [6.45, 7) is 3.55. The van der Waals surface area contributed by atoms with Gasteiger partial charge in [0.2, 0.25) is 0 Å². The van der Waals surface area contributed by atoms with Gasteiger partial charge in [0.15, 0.2) is 6.10 Å². The van der Waals surface area contributed by atoms with Gasteiger partial charge in [-0.15, -0.1) is 0 Å². The third-order valence-corrected chi connectivity index (χ3v) is 4.97. The van der Waals surface area contributed by atoms with E-state index in [-0.39, 0.29) is 5.91 Å². The number of carbonyl (C=O) groups is 1. The highest BCUT2D eigenvalue weighted by atomic mass is 16.5. The molecule has 0 unspecified atom stereocenters. The van der Waals surface area contributed by atoms with Gasteiger partial charge in [-0.1, -0.05) is 6.07 Å². The molecule has 1 aliphatic carbocycles. The minimum Gasteiger partial charge on any atom is -0.481 e. The van der Waals surface area contributed by atoms with Gasteiger partial charge in [0, 0.05) is 23.2 Å². The molecule has 138 valence electrons. The molecule has 27 heavy (non-hydrogen) atoms. The Morgan fingerprint density at radius 3 is 2.78 bits per heavy atom. The number of rotatable bonds is 4. The molecule has 4 rings (SSSR count). The molecule has 0 saturated carbocycles. The summed E-state index contributed by atoms with van der Waals surface area (Å²) in [5.41, 5.74) is 4.35. The molecule has 0 fully saturated rings.